The van der Waals surface area contributed by atoms with Gasteiger partial charge in [0.15, 0.2) is 0 Å². The van der Waals surface area contributed by atoms with Gasteiger partial charge < -0.3 is 10.6 Å². The van der Waals surface area contributed by atoms with E-state index in [0.29, 0.717) is 19.6 Å². The monoisotopic (exact) mass is 220 g/mol. The van der Waals surface area contributed by atoms with Crippen molar-refractivity contribution >= 4 is 5.78 Å². The van der Waals surface area contributed by atoms with Gasteiger partial charge in [0.2, 0.25) is 0 Å². The molecule has 0 aromatic rings. The Morgan fingerprint density at radius 3 is 2.00 bits per heavy atom. The highest BCUT2D eigenvalue weighted by Crippen LogP contribution is 1.91. The van der Waals surface area contributed by atoms with E-state index >= 15 is 0 Å². The van der Waals surface area contributed by atoms with E-state index in [1.807, 2.05) is 13.8 Å². The van der Waals surface area contributed by atoms with Crippen molar-refractivity contribution in [2.45, 2.75) is 53.4 Å². The van der Waals surface area contributed by atoms with Gasteiger partial charge in [-0.15, -0.1) is 0 Å². The maximum atomic E-state index is 9.96. The minimum Gasteiger partial charge on any atom is -0.330 e. The minimum absolute atomic E-state index is 0.164. The zero-order valence-electron chi connectivity index (χ0n) is 10.7. The number of carbonyl (C=O) groups excluding carboxylic acids is 1. The molecule has 0 aliphatic heterocycles. The van der Waals surface area contributed by atoms with Crippen molar-refractivity contribution < 1.29 is 9.63 Å². The lowest BCUT2D eigenvalue weighted by atomic mass is 10.3. The van der Waals surface area contributed by atoms with Gasteiger partial charge in [-0.1, -0.05) is 33.6 Å². The molecule has 0 fully saturated rings. The molecule has 0 amide bonds. The van der Waals surface area contributed by atoms with Gasteiger partial charge in [-0.2, -0.15) is 0 Å². The summed E-state index contributed by atoms with van der Waals surface area (Å²) in [6.45, 7) is 8.87. The van der Waals surface area contributed by atoms with Crippen molar-refractivity contribution in [2.75, 3.05) is 13.2 Å². The predicted octanol–water partition coefficient (Wildman–Crippen LogP) is 2.02. The molecule has 4 heteroatoms. The van der Waals surface area contributed by atoms with Crippen LogP contribution in [0.15, 0.2) is 0 Å². The van der Waals surface area contributed by atoms with Crippen molar-refractivity contribution in [3.63, 3.8) is 0 Å². The Kier molecular flexibility index (Phi) is 31.2. The Morgan fingerprint density at radius 1 is 1.27 bits per heavy atom. The molecule has 0 aliphatic carbocycles. The van der Waals surface area contributed by atoms with Gasteiger partial charge >= 0.3 is 0 Å². The number of rotatable bonds is 6. The van der Waals surface area contributed by atoms with Gasteiger partial charge in [0.1, 0.15) is 5.78 Å². The number of hydrogen-bond donors (Lipinski definition) is 2. The third-order valence-corrected chi connectivity index (χ3v) is 1.36. The topological polar surface area (TPSA) is 78.3 Å². The summed E-state index contributed by atoms with van der Waals surface area (Å²) in [5, 5.41) is 0. The Labute approximate surface area is 94.3 Å². The molecule has 0 rings (SSSR count). The van der Waals surface area contributed by atoms with E-state index in [4.69, 9.17) is 11.6 Å². The molecule has 0 bridgehead atoms. The first-order valence-corrected chi connectivity index (χ1v) is 5.70. The van der Waals surface area contributed by atoms with Crippen molar-refractivity contribution in [1.29, 1.82) is 0 Å². The molecule has 0 unspecified atom stereocenters. The quantitative estimate of drug-likeness (QED) is 0.530. The average molecular weight is 220 g/mol. The van der Waals surface area contributed by atoms with E-state index in [-0.39, 0.29) is 5.78 Å². The summed E-state index contributed by atoms with van der Waals surface area (Å²) in [4.78, 5) is 14.3. The Bertz CT molecular complexity index is 105. The maximum Gasteiger partial charge on any atom is 0.131 e. The Morgan fingerprint density at radius 2 is 1.80 bits per heavy atom. The molecular weight excluding hydrogens is 192 g/mol. The third kappa shape index (κ3) is 42.1. The molecule has 0 spiro atoms. The van der Waals surface area contributed by atoms with Gasteiger partial charge in [0, 0.05) is 6.42 Å². The average Bonchev–Trinajstić information content (AvgIpc) is 2.22. The van der Waals surface area contributed by atoms with Crippen LogP contribution in [0.4, 0.5) is 0 Å². The van der Waals surface area contributed by atoms with Crippen LogP contribution in [0.2, 0.25) is 0 Å². The number of hydrogen-bond acceptors (Lipinski definition) is 4. The van der Waals surface area contributed by atoms with Crippen LogP contribution in [0.3, 0.4) is 0 Å². The zero-order chi connectivity index (χ0) is 12.5. The molecule has 94 valence electrons. The van der Waals surface area contributed by atoms with Gasteiger partial charge in [-0.3, -0.25) is 4.79 Å². The van der Waals surface area contributed by atoms with Crippen LogP contribution in [-0.4, -0.2) is 18.9 Å². The summed E-state index contributed by atoms with van der Waals surface area (Å²) in [5.41, 5.74) is 5.01. The maximum absolute atomic E-state index is 9.96. The molecule has 4 nitrogen and oxygen atoms in total. The Hall–Kier alpha value is -0.450. The number of unbranched alkanes of at least 4 members (excludes halogenated alkanes) is 2. The standard InChI is InChI=1S/C5H13NO.C4H9NO.C2H6/c1-2-3-4-5-7-6;1-4(6)2-3-5;1-2/h2-6H2,1H3;2-3,5H2,1H3;1-2H3. The SMILES string of the molecule is CC.CC(=O)CCN.CCCCCON. The van der Waals surface area contributed by atoms with Crippen molar-refractivity contribution in [3.8, 4) is 0 Å². The van der Waals surface area contributed by atoms with E-state index in [1.165, 1.54) is 19.8 Å². The highest BCUT2D eigenvalue weighted by Gasteiger charge is 1.84. The summed E-state index contributed by atoms with van der Waals surface area (Å²) >= 11 is 0. The van der Waals surface area contributed by atoms with Crippen LogP contribution in [0.1, 0.15) is 53.4 Å². The first kappa shape index (κ1) is 20.0. The molecule has 0 atom stereocenters. The van der Waals surface area contributed by atoms with Crippen molar-refractivity contribution in [2.24, 2.45) is 11.6 Å². The van der Waals surface area contributed by atoms with Crippen molar-refractivity contribution in [1.82, 2.24) is 0 Å². The normalized spacial score (nSPS) is 8.13. The van der Waals surface area contributed by atoms with E-state index < -0.39 is 0 Å². The van der Waals surface area contributed by atoms with Crippen molar-refractivity contribution in [3.05, 3.63) is 0 Å². The molecule has 15 heavy (non-hydrogen) atoms. The van der Waals surface area contributed by atoms with Crippen LogP contribution < -0.4 is 11.6 Å². The number of carbonyl (C=O) groups is 1. The second-order valence-corrected chi connectivity index (χ2v) is 2.82. The Balaban J connectivity index is -0.000000166. The number of ketones is 1. The van der Waals surface area contributed by atoms with Gasteiger partial charge in [-0.05, 0) is 19.9 Å². The lowest BCUT2D eigenvalue weighted by Gasteiger charge is -1.92. The fourth-order valence-electron chi connectivity index (χ4n) is 0.639. The molecule has 4 N–H and O–H groups in total. The molecule has 0 saturated carbocycles. The third-order valence-electron chi connectivity index (χ3n) is 1.36. The lowest BCUT2D eigenvalue weighted by molar-refractivity contribution is -0.116. The zero-order valence-corrected chi connectivity index (χ0v) is 10.7. The smallest absolute Gasteiger partial charge is 0.131 e. The fraction of sp³-hybridized carbons (Fsp3) is 0.909. The van der Waals surface area contributed by atoms with Crippen LogP contribution in [0, 0.1) is 0 Å². The second-order valence-electron chi connectivity index (χ2n) is 2.82. The summed E-state index contributed by atoms with van der Waals surface area (Å²) < 4.78 is 0. The van der Waals surface area contributed by atoms with E-state index in [9.17, 15) is 4.79 Å². The minimum atomic E-state index is 0.164. The van der Waals surface area contributed by atoms with Gasteiger partial charge in [0.05, 0.1) is 6.61 Å². The first-order chi connectivity index (χ1) is 7.18. The predicted molar refractivity (Wildman–Crippen MR) is 65.4 cm³/mol. The number of nitrogens with two attached hydrogens (primary N) is 2. The summed E-state index contributed by atoms with van der Waals surface area (Å²) in [5.74, 6) is 4.93. The molecule has 0 aromatic carbocycles. The van der Waals surface area contributed by atoms with Crippen LogP contribution in [0.5, 0.6) is 0 Å². The van der Waals surface area contributed by atoms with E-state index in [2.05, 4.69) is 11.8 Å². The first-order valence-electron chi connectivity index (χ1n) is 5.70. The van der Waals surface area contributed by atoms with Crippen LogP contribution in [0.25, 0.3) is 0 Å². The largest absolute Gasteiger partial charge is 0.330 e. The highest BCUT2D eigenvalue weighted by molar-refractivity contribution is 5.75. The summed E-state index contributed by atoms with van der Waals surface area (Å²) in [7, 11) is 0. The fourth-order valence-corrected chi connectivity index (χ4v) is 0.639. The van der Waals surface area contributed by atoms with E-state index in [1.54, 1.807) is 0 Å². The van der Waals surface area contributed by atoms with Crippen LogP contribution >= 0.6 is 0 Å². The summed E-state index contributed by atoms with van der Waals surface area (Å²) in [6, 6.07) is 0. The highest BCUT2D eigenvalue weighted by atomic mass is 16.6. The van der Waals surface area contributed by atoms with Gasteiger partial charge in [0.25, 0.3) is 0 Å². The summed E-state index contributed by atoms with van der Waals surface area (Å²) in [6.07, 6.45) is 4.05. The van der Waals surface area contributed by atoms with Gasteiger partial charge in [-0.25, -0.2) is 5.90 Å². The number of Topliss-reactive ketones (excluding diaryl/α,β-unsaturated/α-hetero) is 1. The molecule has 0 radical (unpaired) electrons. The lowest BCUT2D eigenvalue weighted by Crippen LogP contribution is -2.03. The molecule has 0 aromatic heterocycles. The molecular formula is C11H28N2O2. The van der Waals surface area contributed by atoms with Crippen LogP contribution in [-0.2, 0) is 9.63 Å². The molecule has 0 saturated heterocycles. The second kappa shape index (κ2) is 23.4. The van der Waals surface area contributed by atoms with E-state index in [0.717, 1.165) is 6.42 Å². The molecule has 0 aliphatic rings. The molecule has 0 heterocycles.